The number of aromatic amines is 1. The molecule has 0 spiro atoms. The summed E-state index contributed by atoms with van der Waals surface area (Å²) >= 11 is 0. The molecule has 1 unspecified atom stereocenters. The van der Waals surface area contributed by atoms with E-state index in [4.69, 9.17) is 15.9 Å². The van der Waals surface area contributed by atoms with Crippen LogP contribution in [-0.4, -0.2) is 23.5 Å². The zero-order chi connectivity index (χ0) is 79.5. The van der Waals surface area contributed by atoms with E-state index in [0.717, 1.165) is 53.9 Å². The summed E-state index contributed by atoms with van der Waals surface area (Å²) in [6.07, 6.45) is 6.83. The lowest BCUT2D eigenvalue weighted by Crippen LogP contribution is -2.39. The van der Waals surface area contributed by atoms with Crippen LogP contribution in [0.3, 0.4) is 0 Å². The van der Waals surface area contributed by atoms with Crippen molar-refractivity contribution in [2.45, 2.75) is 39.0 Å². The molecule has 5 heteroatoms. The average molecular weight is 1410 g/mol. The van der Waals surface area contributed by atoms with Crippen LogP contribution in [0.15, 0.2) is 60.7 Å². The Kier molecular flexibility index (Phi) is 43.1. The summed E-state index contributed by atoms with van der Waals surface area (Å²) in [4.78, 5) is 5.97. The van der Waals surface area contributed by atoms with Gasteiger partial charge in [-0.3, -0.25) is 4.90 Å². The van der Waals surface area contributed by atoms with E-state index in [-0.39, 0.29) is 11.9 Å². The number of aromatic nitrogens is 1. The molecule has 113 heavy (non-hydrogen) atoms. The van der Waals surface area contributed by atoms with Gasteiger partial charge in [0.1, 0.15) is 12.4 Å². The minimum absolute atomic E-state index is 0.202. The highest BCUT2D eigenvalue weighted by molar-refractivity contribution is 5.85. The molecule has 2 aliphatic heterocycles. The number of fused-ring (bicyclic) bond motifs is 6. The van der Waals surface area contributed by atoms with Gasteiger partial charge in [0.2, 0.25) is 0 Å². The first kappa shape index (κ1) is 82.8. The second-order valence-electron chi connectivity index (χ2n) is 18.7. The van der Waals surface area contributed by atoms with Crippen LogP contribution < -0.4 is 9.47 Å². The Morgan fingerprint density at radius 3 is 0.938 bits per heavy atom. The Balaban J connectivity index is 0.000000577. The Morgan fingerprint density at radius 2 is 0.655 bits per heavy atom. The minimum Gasteiger partial charge on any atom is -0.493 e. The molecule has 0 fully saturated rings. The molecular formula is C108H29FN2O2. The molecule has 0 aliphatic carbocycles. The number of nitrogens with one attached hydrogen (secondary N) is 1. The molecule has 1 atom stereocenters. The third kappa shape index (κ3) is 40.2. The maximum absolute atomic E-state index is 13.7. The second kappa shape index (κ2) is 58.8. The van der Waals surface area contributed by atoms with Crippen molar-refractivity contribution in [1.29, 1.82) is 0 Å². The van der Waals surface area contributed by atoms with Crippen LogP contribution >= 0.6 is 0 Å². The number of hydrogen-bond donors (Lipinski definition) is 1. The van der Waals surface area contributed by atoms with Crippen molar-refractivity contribution in [3.8, 4) is 486 Å². The minimum atomic E-state index is -0.202. The van der Waals surface area contributed by atoms with E-state index >= 15 is 0 Å². The van der Waals surface area contributed by atoms with E-state index in [2.05, 4.69) is 502 Å². The summed E-state index contributed by atoms with van der Waals surface area (Å²) in [5, 5.41) is 1.13. The molecule has 0 amide bonds. The fourth-order valence-electron chi connectivity index (χ4n) is 7.69. The maximum atomic E-state index is 13.7. The Morgan fingerprint density at radius 1 is 0.363 bits per heavy atom. The zero-order valence-corrected chi connectivity index (χ0v) is 59.1. The highest BCUT2D eigenvalue weighted by Gasteiger charge is 2.35. The Labute approximate surface area is 663 Å². The van der Waals surface area contributed by atoms with Crippen LogP contribution in [-0.2, 0) is 26.0 Å². The molecule has 0 bridgehead atoms. The van der Waals surface area contributed by atoms with Gasteiger partial charge in [0, 0.05) is 403 Å². The highest BCUT2D eigenvalue weighted by atomic mass is 19.1. The van der Waals surface area contributed by atoms with Crippen molar-refractivity contribution < 1.29 is 13.9 Å². The van der Waals surface area contributed by atoms with E-state index in [9.17, 15) is 4.39 Å². The normalized spacial score (nSPS) is 7.79. The van der Waals surface area contributed by atoms with E-state index in [1.54, 1.807) is 26.2 Å². The lowest BCUT2D eigenvalue weighted by molar-refractivity contribution is 0.158. The molecule has 490 valence electrons. The van der Waals surface area contributed by atoms with Crippen molar-refractivity contribution in [3.63, 3.8) is 0 Å². The summed E-state index contributed by atoms with van der Waals surface area (Å²) < 4.78 is 25.6. The summed E-state index contributed by atoms with van der Waals surface area (Å²) in [5.41, 5.74) is 7.16. The lowest BCUT2D eigenvalue weighted by Gasteiger charge is -2.40. The first-order chi connectivity index (χ1) is 56.1. The van der Waals surface area contributed by atoms with E-state index < -0.39 is 0 Å². The van der Waals surface area contributed by atoms with Crippen molar-refractivity contribution in [1.82, 2.24) is 9.88 Å². The summed E-state index contributed by atoms with van der Waals surface area (Å²) in [7, 11) is 1.70. The number of ether oxygens (including phenoxy) is 2. The standard InChI is InChI=1S/C81H4.C27H25FN2O2/c1-3-5-7-9-11-13-15-17-19-21-23-25-27-29-31-33-35-37-39-41-43-45-47-49-51-53-55-57-59-61-63-65-67-69-71-73-75-77-79-81-80-78-76-74-72-70-68-66-64-62-60-58-56-54-52-50-48-46-44-42-40-38-36-34-32-30-28-26-24-22-20-18-16-14-12-10-8-6-4-2;1-31-26-14-21-18(11-27(26)32-16-17-5-3-2-4-6-17)9-10-30-15-24-22(13-25(21)30)20-8-7-19(28)12-23(20)29-24/h1H,2H3;2-8,11-12,14,25,29H,9-10,13,15-16H2,1H3. The second-order valence-corrected chi connectivity index (χ2v) is 18.7. The van der Waals surface area contributed by atoms with Crippen molar-refractivity contribution in [3.05, 3.63) is 94.4 Å². The molecule has 0 radical (unpaired) electrons. The number of rotatable bonds is 4. The van der Waals surface area contributed by atoms with Gasteiger partial charge in [-0.15, -0.1) is 6.42 Å². The molecule has 1 aromatic heterocycles. The van der Waals surface area contributed by atoms with Gasteiger partial charge in [0.15, 0.2) is 11.5 Å². The van der Waals surface area contributed by atoms with Gasteiger partial charge in [-0.2, -0.15) is 0 Å². The molecule has 4 nitrogen and oxygen atoms in total. The molecule has 1 N–H and O–H groups in total. The number of H-pyrrole nitrogens is 1. The largest absolute Gasteiger partial charge is 0.493 e. The number of terminal acetylenes is 1. The maximum Gasteiger partial charge on any atom is 0.161 e. The Bertz CT molecular complexity index is 7500. The topological polar surface area (TPSA) is 37.5 Å². The van der Waals surface area contributed by atoms with Crippen molar-refractivity contribution >= 4 is 10.9 Å². The fourth-order valence-corrected chi connectivity index (χ4v) is 7.69. The van der Waals surface area contributed by atoms with Gasteiger partial charge in [0.05, 0.1) is 7.11 Å². The van der Waals surface area contributed by atoms with Crippen LogP contribution in [0.25, 0.3) is 10.9 Å². The van der Waals surface area contributed by atoms with Crippen LogP contribution in [0.5, 0.6) is 11.5 Å². The Hall–Kier alpha value is -20.9. The number of halogens is 1. The monoisotopic (exact) mass is 1400 g/mol. The summed E-state index contributed by atoms with van der Waals surface area (Å²) in [6, 6.07) is 19.8. The van der Waals surface area contributed by atoms with Gasteiger partial charge >= 0.3 is 0 Å². The molecular weight excluding hydrogens is 1380 g/mol. The van der Waals surface area contributed by atoms with Gasteiger partial charge in [-0.05, 0) is 167 Å². The van der Waals surface area contributed by atoms with Crippen LogP contribution in [0, 0.1) is 480 Å². The van der Waals surface area contributed by atoms with Crippen molar-refractivity contribution in [2.75, 3.05) is 13.7 Å². The van der Waals surface area contributed by atoms with Crippen LogP contribution in [0.2, 0.25) is 0 Å². The molecule has 3 aromatic carbocycles. The van der Waals surface area contributed by atoms with Crippen LogP contribution in [0.1, 0.15) is 40.9 Å². The number of methoxy groups -OCH3 is 1. The molecule has 0 saturated heterocycles. The average Bonchev–Trinajstić information content (AvgIpc) is 1.69. The third-order valence-corrected chi connectivity index (χ3v) is 11.8. The predicted octanol–water partition coefficient (Wildman–Crippen LogP) is 6.32. The predicted molar refractivity (Wildman–Crippen MR) is 440 cm³/mol. The van der Waals surface area contributed by atoms with Gasteiger partial charge in [0.25, 0.3) is 0 Å². The molecule has 6 rings (SSSR count). The van der Waals surface area contributed by atoms with Gasteiger partial charge in [-0.25, -0.2) is 4.39 Å². The van der Waals surface area contributed by atoms with Gasteiger partial charge < -0.3 is 14.5 Å². The number of hydrogen-bond acceptors (Lipinski definition) is 3. The van der Waals surface area contributed by atoms with Gasteiger partial charge in [-0.1, -0.05) is 36.3 Å². The smallest absolute Gasteiger partial charge is 0.161 e. The zero-order valence-electron chi connectivity index (χ0n) is 59.1. The lowest BCUT2D eigenvalue weighted by atomic mass is 9.85. The third-order valence-electron chi connectivity index (χ3n) is 11.8. The number of benzene rings is 3. The van der Waals surface area contributed by atoms with Crippen molar-refractivity contribution in [2.24, 2.45) is 0 Å². The first-order valence-corrected chi connectivity index (χ1v) is 31.4. The summed E-state index contributed by atoms with van der Waals surface area (Å²) in [6.45, 7) is 4.04. The SMILES string of the molecule is C#CC#CC#CC#CC#CC#CC#CC#CC#CC#CC#CC#CC#CC#CC#CC#CC#CC#CC#CC#CC#CC#CC#CC#CC#CC#CC#CC#CC#CC#CC#CC#CC#CC#CC#CC#CC#CC#CC#CC#CC.COc1cc2c(cc1OCc1ccccc1)CCN1Cc3[nH]c4cc(F)ccc4c3CC21. The van der Waals surface area contributed by atoms with Crippen LogP contribution in [0.4, 0.5) is 4.39 Å². The molecule has 2 aliphatic rings. The quantitative estimate of drug-likeness (QED) is 0.244. The first-order valence-electron chi connectivity index (χ1n) is 31.4. The highest BCUT2D eigenvalue weighted by Crippen LogP contribution is 2.44. The van der Waals surface area contributed by atoms with E-state index in [0.29, 0.717) is 6.61 Å². The summed E-state index contributed by atoms with van der Waals surface area (Å²) in [5.74, 6) is 198. The number of nitrogens with zero attached hydrogens (tertiary/aromatic N) is 1. The molecule has 3 heterocycles. The van der Waals surface area contributed by atoms with E-state index in [1.807, 2.05) is 24.3 Å². The fraction of sp³-hybridized carbons (Fsp3) is 0.0741. The van der Waals surface area contributed by atoms with E-state index in [1.165, 1.54) is 22.4 Å². The molecule has 4 aromatic rings. The molecule has 0 saturated carbocycles.